The first-order valence-corrected chi connectivity index (χ1v) is 6.58. The minimum absolute atomic E-state index is 0.277. The number of hydrogen-bond donors (Lipinski definition) is 2. The third kappa shape index (κ3) is 4.66. The summed E-state index contributed by atoms with van der Waals surface area (Å²) in [7, 11) is 1.32. The van der Waals surface area contributed by atoms with Crippen LogP contribution >= 0.6 is 0 Å². The van der Waals surface area contributed by atoms with E-state index in [4.69, 9.17) is 4.74 Å². The third-order valence-corrected chi connectivity index (χ3v) is 2.97. The fourth-order valence-electron chi connectivity index (χ4n) is 1.96. The Morgan fingerprint density at radius 3 is 2.50 bits per heavy atom. The highest BCUT2D eigenvalue weighted by atomic mass is 16.5. The van der Waals surface area contributed by atoms with Gasteiger partial charge in [-0.25, -0.2) is 4.79 Å². The Balaban J connectivity index is 2.78. The summed E-state index contributed by atoms with van der Waals surface area (Å²) in [5.41, 5.74) is 1.19. The molecule has 0 aliphatic carbocycles. The van der Waals surface area contributed by atoms with Crippen LogP contribution in [0.3, 0.4) is 0 Å². The van der Waals surface area contributed by atoms with Gasteiger partial charge in [-0.05, 0) is 24.0 Å². The summed E-state index contributed by atoms with van der Waals surface area (Å²) in [4.78, 5) is 22.8. The minimum Gasteiger partial charge on any atom is -0.480 e. The monoisotopic (exact) mass is 279 g/mol. The lowest BCUT2D eigenvalue weighted by Gasteiger charge is -2.17. The largest absolute Gasteiger partial charge is 0.480 e. The maximum atomic E-state index is 11.6. The predicted octanol–water partition coefficient (Wildman–Crippen LogP) is 2.06. The normalized spacial score (nSPS) is 12.2. The summed E-state index contributed by atoms with van der Waals surface area (Å²) in [5, 5.41) is 12.1. The molecule has 0 aliphatic heterocycles. The summed E-state index contributed by atoms with van der Waals surface area (Å²) < 4.78 is 4.71. The van der Waals surface area contributed by atoms with Crippen molar-refractivity contribution in [1.29, 1.82) is 0 Å². The Morgan fingerprint density at radius 2 is 1.95 bits per heavy atom. The van der Waals surface area contributed by atoms with Crippen LogP contribution in [0.5, 0.6) is 0 Å². The number of hydrogen-bond acceptors (Lipinski definition) is 4. The van der Waals surface area contributed by atoms with Gasteiger partial charge in [0, 0.05) is 6.54 Å². The molecule has 5 nitrogen and oxygen atoms in total. The highest BCUT2D eigenvalue weighted by molar-refractivity contribution is 5.91. The molecule has 1 aromatic carbocycles. The van der Waals surface area contributed by atoms with E-state index < -0.39 is 18.0 Å². The predicted molar refractivity (Wildman–Crippen MR) is 75.5 cm³/mol. The number of ether oxygens (including phenoxy) is 1. The molecule has 0 bridgehead atoms. The maximum Gasteiger partial charge on any atom is 0.338 e. The Morgan fingerprint density at radius 1 is 1.30 bits per heavy atom. The van der Waals surface area contributed by atoms with Gasteiger partial charge in [0.25, 0.3) is 0 Å². The summed E-state index contributed by atoms with van der Waals surface area (Å²) in [6, 6.07) is 6.38. The van der Waals surface area contributed by atoms with Gasteiger partial charge in [-0.15, -0.1) is 0 Å². The van der Waals surface area contributed by atoms with E-state index in [1.807, 2.05) is 19.9 Å². The van der Waals surface area contributed by atoms with Crippen molar-refractivity contribution in [2.75, 3.05) is 7.11 Å². The number of methoxy groups -OCH3 is 1. The van der Waals surface area contributed by atoms with Gasteiger partial charge in [0.15, 0.2) is 0 Å². The molecule has 1 aromatic rings. The molecule has 0 heterocycles. The fourth-order valence-corrected chi connectivity index (χ4v) is 1.96. The lowest BCUT2D eigenvalue weighted by atomic mass is 10.0. The van der Waals surface area contributed by atoms with Crippen LogP contribution in [-0.2, 0) is 16.1 Å². The van der Waals surface area contributed by atoms with E-state index in [9.17, 15) is 14.7 Å². The van der Waals surface area contributed by atoms with E-state index in [0.717, 1.165) is 5.56 Å². The van der Waals surface area contributed by atoms with E-state index in [0.29, 0.717) is 18.5 Å². The molecular weight excluding hydrogens is 258 g/mol. The van der Waals surface area contributed by atoms with Gasteiger partial charge in [-0.3, -0.25) is 4.79 Å². The molecule has 20 heavy (non-hydrogen) atoms. The Kier molecular flexibility index (Phi) is 6.18. The first-order chi connectivity index (χ1) is 9.45. The third-order valence-electron chi connectivity index (χ3n) is 2.97. The highest BCUT2D eigenvalue weighted by Gasteiger charge is 2.19. The van der Waals surface area contributed by atoms with Crippen LogP contribution in [0.25, 0.3) is 0 Å². The topological polar surface area (TPSA) is 75.6 Å². The van der Waals surface area contributed by atoms with Gasteiger partial charge >= 0.3 is 11.9 Å². The molecule has 0 aromatic heterocycles. The molecule has 1 rings (SSSR count). The lowest BCUT2D eigenvalue weighted by Crippen LogP contribution is -2.37. The molecule has 5 heteroatoms. The second kappa shape index (κ2) is 7.65. The molecule has 0 aliphatic rings. The summed E-state index contributed by atoms with van der Waals surface area (Å²) in [5.74, 6) is -1.02. The van der Waals surface area contributed by atoms with Crippen molar-refractivity contribution in [3.63, 3.8) is 0 Å². The first-order valence-electron chi connectivity index (χ1n) is 6.58. The van der Waals surface area contributed by atoms with Crippen molar-refractivity contribution in [3.05, 3.63) is 35.4 Å². The van der Waals surface area contributed by atoms with Crippen LogP contribution in [0.4, 0.5) is 0 Å². The summed E-state index contributed by atoms with van der Waals surface area (Å²) in [6.07, 6.45) is 0.537. The van der Waals surface area contributed by atoms with E-state index in [1.54, 1.807) is 18.2 Å². The average molecular weight is 279 g/mol. The smallest absolute Gasteiger partial charge is 0.338 e. The Labute approximate surface area is 118 Å². The second-order valence-electron chi connectivity index (χ2n) is 5.05. The molecule has 2 N–H and O–H groups in total. The number of carbonyl (C=O) groups is 2. The standard InChI is InChI=1S/C15H21NO4/c1-10(2)8-13(14(17)18)16-9-11-6-4-5-7-12(11)15(19)20-3/h4-7,10,13,16H,8-9H2,1-3H3,(H,17,18). The molecule has 1 unspecified atom stereocenters. The Bertz CT molecular complexity index is 471. The number of carboxylic acid groups (broad SMARTS) is 1. The van der Waals surface area contributed by atoms with Gasteiger partial charge in [-0.1, -0.05) is 32.0 Å². The second-order valence-corrected chi connectivity index (χ2v) is 5.05. The van der Waals surface area contributed by atoms with E-state index in [2.05, 4.69) is 5.32 Å². The average Bonchev–Trinajstić information content (AvgIpc) is 2.42. The van der Waals surface area contributed by atoms with Crippen LogP contribution in [0.15, 0.2) is 24.3 Å². The van der Waals surface area contributed by atoms with Crippen LogP contribution in [-0.4, -0.2) is 30.2 Å². The molecule has 1 atom stereocenters. The number of esters is 1. The molecule has 0 saturated heterocycles. The van der Waals surface area contributed by atoms with Crippen molar-refractivity contribution < 1.29 is 19.4 Å². The van der Waals surface area contributed by atoms with Gasteiger partial charge in [0.2, 0.25) is 0 Å². The van der Waals surface area contributed by atoms with Gasteiger partial charge in [0.05, 0.1) is 12.7 Å². The molecule has 0 fully saturated rings. The van der Waals surface area contributed by atoms with Gasteiger partial charge < -0.3 is 15.2 Å². The van der Waals surface area contributed by atoms with Gasteiger partial charge in [0.1, 0.15) is 6.04 Å². The quantitative estimate of drug-likeness (QED) is 0.747. The SMILES string of the molecule is COC(=O)c1ccccc1CNC(CC(C)C)C(=O)O. The van der Waals surface area contributed by atoms with Crippen LogP contribution in [0.1, 0.15) is 36.2 Å². The first kappa shape index (κ1) is 16.2. The van der Waals surface area contributed by atoms with Crippen molar-refractivity contribution >= 4 is 11.9 Å². The summed E-state index contributed by atoms with van der Waals surface area (Å²) >= 11 is 0. The van der Waals surface area contributed by atoms with E-state index in [-0.39, 0.29) is 5.92 Å². The van der Waals surface area contributed by atoms with E-state index >= 15 is 0 Å². The molecule has 110 valence electrons. The molecule has 0 saturated carbocycles. The number of nitrogens with one attached hydrogen (secondary N) is 1. The number of carboxylic acids is 1. The molecule has 0 radical (unpaired) electrons. The minimum atomic E-state index is -0.880. The molecule has 0 spiro atoms. The van der Waals surface area contributed by atoms with Crippen molar-refractivity contribution in [3.8, 4) is 0 Å². The van der Waals surface area contributed by atoms with Crippen LogP contribution in [0.2, 0.25) is 0 Å². The van der Waals surface area contributed by atoms with E-state index in [1.165, 1.54) is 7.11 Å². The number of carbonyl (C=O) groups excluding carboxylic acids is 1. The molecular formula is C15H21NO4. The van der Waals surface area contributed by atoms with Crippen LogP contribution in [0, 0.1) is 5.92 Å². The number of benzene rings is 1. The number of aliphatic carboxylic acids is 1. The Hall–Kier alpha value is -1.88. The zero-order valence-electron chi connectivity index (χ0n) is 12.1. The highest BCUT2D eigenvalue weighted by Crippen LogP contribution is 2.12. The lowest BCUT2D eigenvalue weighted by molar-refractivity contribution is -0.140. The van der Waals surface area contributed by atoms with Gasteiger partial charge in [-0.2, -0.15) is 0 Å². The van der Waals surface area contributed by atoms with Crippen molar-refractivity contribution in [2.45, 2.75) is 32.9 Å². The fraction of sp³-hybridized carbons (Fsp3) is 0.467. The number of rotatable bonds is 7. The zero-order chi connectivity index (χ0) is 15.1. The van der Waals surface area contributed by atoms with Crippen molar-refractivity contribution in [2.24, 2.45) is 5.92 Å². The maximum absolute atomic E-state index is 11.6. The summed E-state index contributed by atoms with van der Waals surface area (Å²) in [6.45, 7) is 4.26. The van der Waals surface area contributed by atoms with Crippen molar-refractivity contribution in [1.82, 2.24) is 5.32 Å². The zero-order valence-corrected chi connectivity index (χ0v) is 12.1. The molecule has 0 amide bonds. The van der Waals surface area contributed by atoms with Crippen LogP contribution < -0.4 is 5.32 Å².